The number of para-hydroxylation sites is 1. The molecule has 2 saturated heterocycles. The summed E-state index contributed by atoms with van der Waals surface area (Å²) in [5.41, 5.74) is 1.06. The fraction of sp³-hybridized carbons (Fsp3) is 0.520. The van der Waals surface area contributed by atoms with Crippen LogP contribution in [0.1, 0.15) is 39.5 Å². The van der Waals surface area contributed by atoms with Crippen molar-refractivity contribution in [1.82, 2.24) is 29.8 Å². The summed E-state index contributed by atoms with van der Waals surface area (Å²) in [6.07, 6.45) is 6.84. The number of hydrogen-bond donors (Lipinski definition) is 3. The molecule has 0 bridgehead atoms. The largest absolute Gasteiger partial charge is 0.375 e. The molecular weight excluding hydrogens is 492 g/mol. The van der Waals surface area contributed by atoms with E-state index in [1.165, 1.54) is 6.33 Å². The Hall–Kier alpha value is -3.25. The minimum atomic E-state index is -3.68. The number of fused-ring (bicyclic) bond motifs is 1. The predicted octanol–water partition coefficient (Wildman–Crippen LogP) is 2.36. The van der Waals surface area contributed by atoms with Crippen molar-refractivity contribution in [2.45, 2.75) is 50.5 Å². The summed E-state index contributed by atoms with van der Waals surface area (Å²) in [7, 11) is -3.68. The summed E-state index contributed by atoms with van der Waals surface area (Å²) >= 11 is 0. The van der Waals surface area contributed by atoms with Crippen LogP contribution in [0.5, 0.6) is 0 Å². The zero-order chi connectivity index (χ0) is 26.0. The Morgan fingerprint density at radius 1 is 1.19 bits per heavy atom. The van der Waals surface area contributed by atoms with Gasteiger partial charge in [0.2, 0.25) is 15.9 Å². The molecule has 0 unspecified atom stereocenters. The van der Waals surface area contributed by atoms with Gasteiger partial charge in [0.1, 0.15) is 17.0 Å². The van der Waals surface area contributed by atoms with Gasteiger partial charge in [0.15, 0.2) is 5.65 Å². The molecule has 198 valence electrons. The van der Waals surface area contributed by atoms with Gasteiger partial charge in [-0.15, -0.1) is 0 Å². The average molecular weight is 527 g/mol. The number of aromatic nitrogens is 4. The van der Waals surface area contributed by atoms with E-state index in [4.69, 9.17) is 0 Å². The van der Waals surface area contributed by atoms with Crippen molar-refractivity contribution in [3.8, 4) is 0 Å². The highest BCUT2D eigenvalue weighted by molar-refractivity contribution is 7.89. The molecule has 2 fully saturated rings. The first kappa shape index (κ1) is 25.4. The van der Waals surface area contributed by atoms with Crippen molar-refractivity contribution in [3.63, 3.8) is 0 Å². The highest BCUT2D eigenvalue weighted by Gasteiger charge is 2.35. The van der Waals surface area contributed by atoms with Crippen LogP contribution in [0.3, 0.4) is 0 Å². The molecule has 2 aliphatic heterocycles. The van der Waals surface area contributed by atoms with Crippen molar-refractivity contribution < 1.29 is 13.2 Å². The summed E-state index contributed by atoms with van der Waals surface area (Å²) < 4.78 is 28.5. The second kappa shape index (κ2) is 10.3. The summed E-state index contributed by atoms with van der Waals surface area (Å²) in [5, 5.41) is 13.9. The minimum absolute atomic E-state index is 0.0198. The summed E-state index contributed by atoms with van der Waals surface area (Å²) in [6.45, 7) is 6.62. The number of carbonyl (C=O) groups excluding carboxylic acids is 1. The number of piperidine rings is 2. The number of sulfonamides is 1. The normalized spacial score (nSPS) is 20.6. The number of nitrogens with zero attached hydrogens (tertiary/aromatic N) is 5. The Morgan fingerprint density at radius 2 is 2.03 bits per heavy atom. The maximum absolute atomic E-state index is 13.5. The number of nitrogens with one attached hydrogen (secondary N) is 3. The molecule has 1 aromatic carbocycles. The molecule has 1 amide bonds. The first-order valence-electron chi connectivity index (χ1n) is 12.7. The van der Waals surface area contributed by atoms with Crippen LogP contribution >= 0.6 is 0 Å². The SMILES string of the molecule is CC1(C)CCCN(S(=O)(=O)c2ccccc2NCC(=O)N[C@@H]2CCCN(c3ncnc4[nH]ncc34)C2)C1. The van der Waals surface area contributed by atoms with Gasteiger partial charge in [0.05, 0.1) is 23.8 Å². The van der Waals surface area contributed by atoms with E-state index in [9.17, 15) is 13.2 Å². The van der Waals surface area contributed by atoms with E-state index in [-0.39, 0.29) is 28.8 Å². The van der Waals surface area contributed by atoms with Gasteiger partial charge in [-0.1, -0.05) is 26.0 Å². The highest BCUT2D eigenvalue weighted by atomic mass is 32.2. The fourth-order valence-electron chi connectivity index (χ4n) is 5.30. The van der Waals surface area contributed by atoms with E-state index in [1.807, 2.05) is 0 Å². The molecule has 4 heterocycles. The topological polar surface area (TPSA) is 136 Å². The molecule has 2 aliphatic rings. The van der Waals surface area contributed by atoms with Crippen LogP contribution in [0, 0.1) is 5.41 Å². The van der Waals surface area contributed by atoms with Gasteiger partial charge in [-0.25, -0.2) is 18.4 Å². The zero-order valence-electron chi connectivity index (χ0n) is 21.3. The lowest BCUT2D eigenvalue weighted by Gasteiger charge is -2.37. The maximum atomic E-state index is 13.5. The zero-order valence-corrected chi connectivity index (χ0v) is 22.1. The van der Waals surface area contributed by atoms with E-state index in [0.29, 0.717) is 31.0 Å². The van der Waals surface area contributed by atoms with Crippen molar-refractivity contribution in [2.75, 3.05) is 42.9 Å². The molecule has 12 heteroatoms. The smallest absolute Gasteiger partial charge is 0.245 e. The molecule has 3 N–H and O–H groups in total. The molecule has 11 nitrogen and oxygen atoms in total. The fourth-order valence-corrected chi connectivity index (χ4v) is 7.13. The second-order valence-electron chi connectivity index (χ2n) is 10.6. The number of hydrogen-bond acceptors (Lipinski definition) is 8. The van der Waals surface area contributed by atoms with Crippen molar-refractivity contribution in [1.29, 1.82) is 0 Å². The van der Waals surface area contributed by atoms with Gasteiger partial charge in [-0.3, -0.25) is 9.89 Å². The van der Waals surface area contributed by atoms with Gasteiger partial charge in [-0.05, 0) is 43.2 Å². The Bertz CT molecular complexity index is 1370. The maximum Gasteiger partial charge on any atom is 0.245 e. The third kappa shape index (κ3) is 5.54. The van der Waals surface area contributed by atoms with Crippen LogP contribution in [-0.4, -0.2) is 77.6 Å². The number of H-pyrrole nitrogens is 1. The number of carbonyl (C=O) groups is 1. The van der Waals surface area contributed by atoms with Gasteiger partial charge in [0, 0.05) is 32.2 Å². The first-order valence-corrected chi connectivity index (χ1v) is 14.2. The Balaban J connectivity index is 1.22. The van der Waals surface area contributed by atoms with Gasteiger partial charge in [0.25, 0.3) is 0 Å². The van der Waals surface area contributed by atoms with Gasteiger partial charge >= 0.3 is 0 Å². The molecule has 2 aromatic heterocycles. The predicted molar refractivity (Wildman–Crippen MR) is 142 cm³/mol. The molecule has 0 spiro atoms. The quantitative estimate of drug-likeness (QED) is 0.427. The van der Waals surface area contributed by atoms with Crippen molar-refractivity contribution in [3.05, 3.63) is 36.8 Å². The standard InChI is InChI=1S/C25H34N8O3S/c1-25(2)10-6-12-33(16-25)37(35,36)21-9-4-3-8-20(21)26-14-22(34)30-18-7-5-11-32(15-18)24-19-13-29-31-23(19)27-17-28-24/h3-4,8-9,13,17-18,26H,5-7,10-12,14-16H2,1-2H3,(H,30,34)(H,27,28,29,31)/t18-/m1/s1. The number of anilines is 2. The Morgan fingerprint density at radius 3 is 2.86 bits per heavy atom. The average Bonchev–Trinajstić information content (AvgIpc) is 3.36. The van der Waals surface area contributed by atoms with E-state index >= 15 is 0 Å². The third-order valence-corrected chi connectivity index (χ3v) is 9.03. The monoisotopic (exact) mass is 526 g/mol. The Kier molecular flexibility index (Phi) is 7.04. The lowest BCUT2D eigenvalue weighted by molar-refractivity contribution is -0.120. The Labute approximate surface area is 217 Å². The summed E-state index contributed by atoms with van der Waals surface area (Å²) in [4.78, 5) is 23.8. The minimum Gasteiger partial charge on any atom is -0.375 e. The van der Waals surface area contributed by atoms with E-state index in [1.54, 1.807) is 34.8 Å². The molecule has 0 aliphatic carbocycles. The molecule has 0 radical (unpaired) electrons. The van der Waals surface area contributed by atoms with E-state index in [2.05, 4.69) is 49.5 Å². The number of amides is 1. The summed E-state index contributed by atoms with van der Waals surface area (Å²) in [5.74, 6) is 0.616. The number of benzene rings is 1. The molecule has 37 heavy (non-hydrogen) atoms. The molecular formula is C25H34N8O3S. The lowest BCUT2D eigenvalue weighted by atomic mass is 9.85. The first-order chi connectivity index (χ1) is 17.7. The molecule has 3 aromatic rings. The summed E-state index contributed by atoms with van der Waals surface area (Å²) in [6, 6.07) is 6.76. The lowest BCUT2D eigenvalue weighted by Crippen LogP contribution is -2.49. The van der Waals surface area contributed by atoms with Crippen LogP contribution in [0.15, 0.2) is 41.7 Å². The van der Waals surface area contributed by atoms with Crippen molar-refractivity contribution >= 4 is 38.5 Å². The van der Waals surface area contributed by atoms with Gasteiger partial charge in [-0.2, -0.15) is 9.40 Å². The van der Waals surface area contributed by atoms with Crippen LogP contribution < -0.4 is 15.5 Å². The third-order valence-electron chi connectivity index (χ3n) is 7.12. The number of aromatic amines is 1. The van der Waals surface area contributed by atoms with Crippen LogP contribution in [0.2, 0.25) is 0 Å². The molecule has 1 atom stereocenters. The van der Waals surface area contributed by atoms with Crippen LogP contribution in [0.4, 0.5) is 11.5 Å². The molecule has 0 saturated carbocycles. The second-order valence-corrected chi connectivity index (χ2v) is 12.5. The van der Waals surface area contributed by atoms with Gasteiger partial charge < -0.3 is 15.5 Å². The molecule has 5 rings (SSSR count). The van der Waals surface area contributed by atoms with E-state index in [0.717, 1.165) is 43.4 Å². The van der Waals surface area contributed by atoms with E-state index < -0.39 is 10.0 Å². The number of rotatable bonds is 7. The van der Waals surface area contributed by atoms with Crippen molar-refractivity contribution in [2.24, 2.45) is 5.41 Å². The highest BCUT2D eigenvalue weighted by Crippen LogP contribution is 2.33. The van der Waals surface area contributed by atoms with Crippen LogP contribution in [0.25, 0.3) is 11.0 Å². The van der Waals surface area contributed by atoms with Crippen LogP contribution in [-0.2, 0) is 14.8 Å².